The molecule has 0 atom stereocenters. The fraction of sp³-hybridized carbons (Fsp3) is 0.111. The van der Waals surface area contributed by atoms with Crippen molar-refractivity contribution in [3.63, 3.8) is 0 Å². The zero-order chi connectivity index (χ0) is 26.6. The number of amides is 1. The second-order valence-electron chi connectivity index (χ2n) is 8.40. The van der Waals surface area contributed by atoms with Crippen molar-refractivity contribution in [2.24, 2.45) is 0 Å². The van der Waals surface area contributed by atoms with Crippen molar-refractivity contribution in [3.8, 4) is 5.75 Å². The van der Waals surface area contributed by atoms with Crippen molar-refractivity contribution >= 4 is 71.3 Å². The van der Waals surface area contributed by atoms with Crippen LogP contribution in [0.5, 0.6) is 5.75 Å². The maximum atomic E-state index is 12.8. The first-order valence-electron chi connectivity index (χ1n) is 11.2. The van der Waals surface area contributed by atoms with Gasteiger partial charge in [0.1, 0.15) is 5.75 Å². The number of carbonyl (C=O) groups excluding carboxylic acids is 1. The van der Waals surface area contributed by atoms with E-state index in [0.717, 1.165) is 26.4 Å². The van der Waals surface area contributed by atoms with Crippen LogP contribution in [0.25, 0.3) is 10.8 Å². The van der Waals surface area contributed by atoms with Gasteiger partial charge in [0.05, 0.1) is 9.37 Å². The number of nitrogens with one attached hydrogen (secondary N) is 3. The summed E-state index contributed by atoms with van der Waals surface area (Å²) >= 11 is 8.74. The maximum absolute atomic E-state index is 12.8. The molecule has 0 aliphatic rings. The quantitative estimate of drug-likeness (QED) is 0.229. The second-order valence-corrected chi connectivity index (χ2v) is 11.3. The maximum Gasteiger partial charge on any atom is 0.264 e. The van der Waals surface area contributed by atoms with Crippen LogP contribution in [0.1, 0.15) is 11.1 Å². The zero-order valence-corrected chi connectivity index (χ0v) is 23.3. The molecule has 0 aliphatic carbocycles. The summed E-state index contributed by atoms with van der Waals surface area (Å²) in [5.74, 6) is 0.105. The van der Waals surface area contributed by atoms with Crippen LogP contribution >= 0.6 is 28.1 Å². The Morgan fingerprint density at radius 1 is 0.919 bits per heavy atom. The molecular formula is C27H24BrN3O4S2. The molecule has 4 aromatic carbocycles. The van der Waals surface area contributed by atoms with Crippen molar-refractivity contribution in [1.29, 1.82) is 0 Å². The SMILES string of the molecule is Cc1cc(C)cc(NS(=O)(=O)c2ccc(NC(=S)NC(=O)COc3ccc4ccccc4c3Br)cc2)c1. The van der Waals surface area contributed by atoms with Crippen LogP contribution in [0.3, 0.4) is 0 Å². The van der Waals surface area contributed by atoms with Crippen molar-refractivity contribution < 1.29 is 17.9 Å². The van der Waals surface area contributed by atoms with Gasteiger partial charge in [-0.15, -0.1) is 0 Å². The summed E-state index contributed by atoms with van der Waals surface area (Å²) in [5, 5.41) is 7.52. The van der Waals surface area contributed by atoms with Crippen LogP contribution in [0, 0.1) is 13.8 Å². The van der Waals surface area contributed by atoms with Gasteiger partial charge in [-0.25, -0.2) is 8.42 Å². The van der Waals surface area contributed by atoms with Crippen molar-refractivity contribution in [2.75, 3.05) is 16.6 Å². The predicted molar refractivity (Wildman–Crippen MR) is 155 cm³/mol. The highest BCUT2D eigenvalue weighted by Gasteiger charge is 2.15. The minimum absolute atomic E-state index is 0.0649. The number of fused-ring (bicyclic) bond motifs is 1. The number of hydrogen-bond acceptors (Lipinski definition) is 5. The summed E-state index contributed by atoms with van der Waals surface area (Å²) < 4.78 is 34.5. The number of hydrogen-bond donors (Lipinski definition) is 3. The van der Waals surface area contributed by atoms with Gasteiger partial charge in [-0.2, -0.15) is 0 Å². The lowest BCUT2D eigenvalue weighted by molar-refractivity contribution is -0.121. The Balaban J connectivity index is 1.32. The molecule has 0 unspecified atom stereocenters. The van der Waals surface area contributed by atoms with E-state index in [1.54, 1.807) is 30.3 Å². The third-order valence-electron chi connectivity index (χ3n) is 5.34. The highest BCUT2D eigenvalue weighted by molar-refractivity contribution is 9.10. The smallest absolute Gasteiger partial charge is 0.264 e. The summed E-state index contributed by atoms with van der Waals surface area (Å²) in [6.45, 7) is 3.57. The van der Waals surface area contributed by atoms with E-state index in [1.165, 1.54) is 12.1 Å². The van der Waals surface area contributed by atoms with Gasteiger partial charge in [-0.05, 0) is 106 Å². The molecule has 0 heterocycles. The number of carbonyl (C=O) groups is 1. The summed E-state index contributed by atoms with van der Waals surface area (Å²) in [6, 6.07) is 23.1. The molecule has 0 spiro atoms. The Labute approximate surface area is 229 Å². The molecular weight excluding hydrogens is 574 g/mol. The van der Waals surface area contributed by atoms with E-state index >= 15 is 0 Å². The minimum atomic E-state index is -3.76. The van der Waals surface area contributed by atoms with Crippen LogP contribution in [-0.4, -0.2) is 26.0 Å². The van der Waals surface area contributed by atoms with Crippen molar-refractivity contribution in [2.45, 2.75) is 18.7 Å². The molecule has 1 amide bonds. The molecule has 0 fully saturated rings. The summed E-state index contributed by atoms with van der Waals surface area (Å²) in [4.78, 5) is 12.4. The van der Waals surface area contributed by atoms with Gasteiger partial charge >= 0.3 is 0 Å². The number of thiocarbonyl (C=S) groups is 1. The molecule has 0 aliphatic heterocycles. The highest BCUT2D eigenvalue weighted by atomic mass is 79.9. The predicted octanol–water partition coefficient (Wildman–Crippen LogP) is 5.91. The lowest BCUT2D eigenvalue weighted by Gasteiger charge is -2.13. The van der Waals surface area contributed by atoms with E-state index in [9.17, 15) is 13.2 Å². The number of halogens is 1. The fourth-order valence-electron chi connectivity index (χ4n) is 3.76. The average molecular weight is 599 g/mol. The highest BCUT2D eigenvalue weighted by Crippen LogP contribution is 2.33. The second kappa shape index (κ2) is 11.3. The lowest BCUT2D eigenvalue weighted by Crippen LogP contribution is -2.37. The average Bonchev–Trinajstić information content (AvgIpc) is 2.83. The van der Waals surface area contributed by atoms with Crippen LogP contribution < -0.4 is 20.1 Å². The van der Waals surface area contributed by atoms with Crippen LogP contribution in [0.15, 0.2) is 88.2 Å². The Morgan fingerprint density at radius 2 is 1.59 bits per heavy atom. The van der Waals surface area contributed by atoms with Gasteiger partial charge < -0.3 is 10.1 Å². The zero-order valence-electron chi connectivity index (χ0n) is 20.0. The third-order valence-corrected chi connectivity index (χ3v) is 7.76. The molecule has 0 aromatic heterocycles. The molecule has 0 saturated carbocycles. The van der Waals surface area contributed by atoms with E-state index in [-0.39, 0.29) is 16.6 Å². The first-order valence-corrected chi connectivity index (χ1v) is 13.9. The molecule has 0 bridgehead atoms. The molecule has 4 rings (SSSR count). The first-order chi connectivity index (χ1) is 17.6. The number of ether oxygens (including phenoxy) is 1. The molecule has 7 nitrogen and oxygen atoms in total. The standard InChI is InChI=1S/C27H24BrN3O4S2/c1-17-13-18(2)15-21(14-17)31-37(33,34)22-10-8-20(9-11-22)29-27(36)30-25(32)16-35-24-12-7-19-5-3-4-6-23(19)26(24)28/h3-15,31H,16H2,1-2H3,(H2,29,30,32,36). The van der Waals surface area contributed by atoms with E-state index < -0.39 is 15.9 Å². The minimum Gasteiger partial charge on any atom is -0.483 e. The Bertz CT molecular complexity index is 1570. The normalized spacial score (nSPS) is 11.1. The molecule has 37 heavy (non-hydrogen) atoms. The Hall–Kier alpha value is -3.47. The molecule has 0 saturated heterocycles. The number of benzene rings is 4. The number of sulfonamides is 1. The topological polar surface area (TPSA) is 96.5 Å². The van der Waals surface area contributed by atoms with Crippen LogP contribution in [0.2, 0.25) is 0 Å². The Kier molecular flexibility index (Phi) is 8.11. The van der Waals surface area contributed by atoms with Gasteiger partial charge in [-0.3, -0.25) is 14.8 Å². The first kappa shape index (κ1) is 26.6. The van der Waals surface area contributed by atoms with E-state index in [0.29, 0.717) is 17.1 Å². The van der Waals surface area contributed by atoms with E-state index in [1.807, 2.05) is 50.2 Å². The summed E-state index contributed by atoms with van der Waals surface area (Å²) in [7, 11) is -3.76. The number of rotatable bonds is 7. The van der Waals surface area contributed by atoms with Gasteiger partial charge in [0.15, 0.2) is 11.7 Å². The van der Waals surface area contributed by atoms with E-state index in [4.69, 9.17) is 17.0 Å². The monoisotopic (exact) mass is 597 g/mol. The van der Waals surface area contributed by atoms with Gasteiger partial charge in [0.25, 0.3) is 15.9 Å². The van der Waals surface area contributed by atoms with E-state index in [2.05, 4.69) is 31.3 Å². The van der Waals surface area contributed by atoms with Crippen molar-refractivity contribution in [3.05, 3.63) is 94.5 Å². The Morgan fingerprint density at radius 3 is 2.30 bits per heavy atom. The van der Waals surface area contributed by atoms with Crippen LogP contribution in [0.4, 0.5) is 11.4 Å². The number of aryl methyl sites for hydroxylation is 2. The largest absolute Gasteiger partial charge is 0.483 e. The molecule has 190 valence electrons. The molecule has 4 aromatic rings. The lowest BCUT2D eigenvalue weighted by atomic mass is 10.1. The summed E-state index contributed by atoms with van der Waals surface area (Å²) in [6.07, 6.45) is 0. The van der Waals surface area contributed by atoms with Gasteiger partial charge in [0, 0.05) is 11.4 Å². The third kappa shape index (κ3) is 6.85. The van der Waals surface area contributed by atoms with Crippen LogP contribution in [-0.2, 0) is 14.8 Å². The summed E-state index contributed by atoms with van der Waals surface area (Å²) in [5.41, 5.74) is 2.95. The molecule has 0 radical (unpaired) electrons. The molecule has 10 heteroatoms. The number of anilines is 2. The molecule has 3 N–H and O–H groups in total. The van der Waals surface area contributed by atoms with Crippen molar-refractivity contribution in [1.82, 2.24) is 5.32 Å². The fourth-order valence-corrected chi connectivity index (χ4v) is 5.64. The van der Waals surface area contributed by atoms with Gasteiger partial charge in [-0.1, -0.05) is 36.4 Å². The van der Waals surface area contributed by atoms with Gasteiger partial charge in [0.2, 0.25) is 0 Å².